The van der Waals surface area contributed by atoms with E-state index in [1.807, 2.05) is 51.1 Å². The van der Waals surface area contributed by atoms with Gasteiger partial charge in [0.15, 0.2) is 5.76 Å². The predicted octanol–water partition coefficient (Wildman–Crippen LogP) is 4.67. The molecule has 1 aliphatic rings. The molecule has 0 bridgehead atoms. The molecule has 0 saturated carbocycles. The molecule has 1 aromatic carbocycles. The van der Waals surface area contributed by atoms with Gasteiger partial charge in [-0.25, -0.2) is 4.79 Å². The van der Waals surface area contributed by atoms with Crippen LogP contribution in [0.2, 0.25) is 0 Å². The fraction of sp³-hybridized carbons (Fsp3) is 0.440. The fourth-order valence-corrected chi connectivity index (χ4v) is 3.47. The lowest BCUT2D eigenvalue weighted by atomic mass is 10.1. The molecule has 1 aliphatic heterocycles. The first kappa shape index (κ1) is 23.4. The number of allylic oxidation sites excluding steroid dienone is 1. The fourth-order valence-electron chi connectivity index (χ4n) is 3.47. The molecule has 1 fully saturated rings. The second-order valence-electron chi connectivity index (χ2n) is 8.77. The lowest BCUT2D eigenvalue weighted by Crippen LogP contribution is -2.40. The second-order valence-corrected chi connectivity index (χ2v) is 8.77. The number of nitrogens with zero attached hydrogens (tertiary/aromatic N) is 2. The van der Waals surface area contributed by atoms with Crippen molar-refractivity contribution in [3.8, 4) is 5.75 Å². The Morgan fingerprint density at radius 2 is 1.78 bits per heavy atom. The van der Waals surface area contributed by atoms with E-state index in [2.05, 4.69) is 6.58 Å². The summed E-state index contributed by atoms with van der Waals surface area (Å²) in [5.74, 6) is 1.43. The van der Waals surface area contributed by atoms with Crippen molar-refractivity contribution in [2.24, 2.45) is 0 Å². The minimum Gasteiger partial charge on any atom is -0.485 e. The van der Waals surface area contributed by atoms with Crippen LogP contribution in [-0.2, 0) is 17.8 Å². The van der Waals surface area contributed by atoms with E-state index in [1.165, 1.54) is 0 Å². The topological polar surface area (TPSA) is 72.2 Å². The molecule has 172 valence electrons. The number of para-hydroxylation sites is 1. The van der Waals surface area contributed by atoms with Crippen molar-refractivity contribution in [3.63, 3.8) is 0 Å². The number of furan rings is 1. The van der Waals surface area contributed by atoms with Gasteiger partial charge in [0.05, 0.1) is 0 Å². The van der Waals surface area contributed by atoms with Gasteiger partial charge >= 0.3 is 6.09 Å². The summed E-state index contributed by atoms with van der Waals surface area (Å²) in [5, 5.41) is 0. The smallest absolute Gasteiger partial charge is 0.410 e. The molecule has 0 unspecified atom stereocenters. The summed E-state index contributed by atoms with van der Waals surface area (Å²) >= 11 is 0. The summed E-state index contributed by atoms with van der Waals surface area (Å²) < 4.78 is 17.1. The zero-order valence-electron chi connectivity index (χ0n) is 19.1. The highest BCUT2D eigenvalue weighted by atomic mass is 16.6. The number of benzene rings is 1. The molecule has 0 radical (unpaired) electrons. The molecule has 1 aromatic heterocycles. The first-order chi connectivity index (χ1) is 15.3. The normalized spacial score (nSPS) is 14.6. The highest BCUT2D eigenvalue weighted by Gasteiger charge is 2.27. The van der Waals surface area contributed by atoms with E-state index in [0.717, 1.165) is 11.3 Å². The van der Waals surface area contributed by atoms with Crippen LogP contribution < -0.4 is 4.74 Å². The number of ether oxygens (including phenoxy) is 2. The van der Waals surface area contributed by atoms with Gasteiger partial charge in [-0.05, 0) is 57.4 Å². The third kappa shape index (κ3) is 6.39. The average molecular weight is 441 g/mol. The van der Waals surface area contributed by atoms with Crippen LogP contribution in [0.4, 0.5) is 4.79 Å². The Kier molecular flexibility index (Phi) is 7.62. The third-order valence-electron chi connectivity index (χ3n) is 5.01. The van der Waals surface area contributed by atoms with Crippen LogP contribution in [0.15, 0.2) is 53.5 Å². The van der Waals surface area contributed by atoms with E-state index in [0.29, 0.717) is 44.8 Å². The van der Waals surface area contributed by atoms with Gasteiger partial charge in [0.2, 0.25) is 0 Å². The van der Waals surface area contributed by atoms with E-state index in [-0.39, 0.29) is 24.4 Å². The molecular weight excluding hydrogens is 408 g/mol. The molecular formula is C25H32N2O5. The lowest BCUT2D eigenvalue weighted by molar-refractivity contribution is 0.0255. The minimum atomic E-state index is -0.544. The molecule has 7 nitrogen and oxygen atoms in total. The Morgan fingerprint density at radius 1 is 1.06 bits per heavy atom. The van der Waals surface area contributed by atoms with Crippen molar-refractivity contribution in [1.82, 2.24) is 9.80 Å². The van der Waals surface area contributed by atoms with Crippen molar-refractivity contribution < 1.29 is 23.5 Å². The first-order valence-corrected chi connectivity index (χ1v) is 10.9. The number of hydrogen-bond donors (Lipinski definition) is 0. The van der Waals surface area contributed by atoms with Gasteiger partial charge in [0.1, 0.15) is 23.7 Å². The Hall–Kier alpha value is -3.22. The van der Waals surface area contributed by atoms with Crippen molar-refractivity contribution in [1.29, 1.82) is 0 Å². The summed E-state index contributed by atoms with van der Waals surface area (Å²) in [4.78, 5) is 28.6. The second kappa shape index (κ2) is 10.4. The Balaban J connectivity index is 1.56. The molecule has 2 heterocycles. The average Bonchev–Trinajstić information content (AvgIpc) is 3.07. The third-order valence-corrected chi connectivity index (χ3v) is 5.01. The van der Waals surface area contributed by atoms with Gasteiger partial charge in [0.25, 0.3) is 5.91 Å². The summed E-state index contributed by atoms with van der Waals surface area (Å²) in [5.41, 5.74) is 0.502. The van der Waals surface area contributed by atoms with Crippen LogP contribution in [0.5, 0.6) is 5.75 Å². The molecule has 3 rings (SSSR count). The number of carbonyl (C=O) groups is 2. The van der Waals surface area contributed by atoms with Crippen molar-refractivity contribution in [3.05, 3.63) is 66.1 Å². The Morgan fingerprint density at radius 3 is 2.53 bits per heavy atom. The van der Waals surface area contributed by atoms with Gasteiger partial charge in [-0.2, -0.15) is 0 Å². The predicted molar refractivity (Wildman–Crippen MR) is 122 cm³/mol. The van der Waals surface area contributed by atoms with Gasteiger partial charge in [-0.15, -0.1) is 6.58 Å². The number of amides is 2. The highest BCUT2D eigenvalue weighted by Crippen LogP contribution is 2.21. The van der Waals surface area contributed by atoms with Crippen LogP contribution in [0.3, 0.4) is 0 Å². The Labute approximate surface area is 189 Å². The summed E-state index contributed by atoms with van der Waals surface area (Å²) in [6.45, 7) is 11.5. The van der Waals surface area contributed by atoms with Crippen LogP contribution in [-0.4, -0.2) is 53.6 Å². The monoisotopic (exact) mass is 440 g/mol. The zero-order chi connectivity index (χ0) is 23.1. The quantitative estimate of drug-likeness (QED) is 0.611. The van der Waals surface area contributed by atoms with E-state index in [1.54, 1.807) is 21.9 Å². The maximum atomic E-state index is 12.9. The molecule has 0 spiro atoms. The number of carbonyl (C=O) groups excluding carboxylic acids is 2. The summed E-state index contributed by atoms with van der Waals surface area (Å²) in [6.07, 6.45) is 2.88. The van der Waals surface area contributed by atoms with Gasteiger partial charge in [-0.1, -0.05) is 24.3 Å². The minimum absolute atomic E-state index is 0.186. The summed E-state index contributed by atoms with van der Waals surface area (Å²) in [6, 6.07) is 11.2. The van der Waals surface area contributed by atoms with Crippen LogP contribution in [0.25, 0.3) is 0 Å². The van der Waals surface area contributed by atoms with Crippen molar-refractivity contribution >= 4 is 12.0 Å². The number of hydrogen-bond acceptors (Lipinski definition) is 5. The molecule has 2 amide bonds. The molecule has 0 aliphatic carbocycles. The largest absolute Gasteiger partial charge is 0.485 e. The highest BCUT2D eigenvalue weighted by molar-refractivity contribution is 5.91. The zero-order valence-corrected chi connectivity index (χ0v) is 19.1. The van der Waals surface area contributed by atoms with Crippen molar-refractivity contribution in [2.45, 2.75) is 45.8 Å². The van der Waals surface area contributed by atoms with E-state index in [4.69, 9.17) is 13.9 Å². The molecule has 7 heteroatoms. The van der Waals surface area contributed by atoms with Crippen LogP contribution in [0.1, 0.15) is 49.1 Å². The van der Waals surface area contributed by atoms with Crippen molar-refractivity contribution in [2.75, 3.05) is 26.2 Å². The van der Waals surface area contributed by atoms with Gasteiger partial charge < -0.3 is 23.7 Å². The standard InChI is InChI=1S/C25H32N2O5/c1-5-9-19-10-6-7-11-21(19)30-18-20-12-13-22(31-20)23(28)26-14-8-15-27(17-16-26)24(29)32-25(2,3)4/h5-7,10-13H,1,8-9,14-18H2,2-4H3. The molecule has 0 atom stereocenters. The summed E-state index contributed by atoms with van der Waals surface area (Å²) in [7, 11) is 0. The molecule has 0 N–H and O–H groups in total. The maximum absolute atomic E-state index is 12.9. The van der Waals surface area contributed by atoms with Gasteiger partial charge in [-0.3, -0.25) is 4.79 Å². The Bertz CT molecular complexity index is 944. The van der Waals surface area contributed by atoms with E-state index in [9.17, 15) is 9.59 Å². The number of rotatable bonds is 6. The lowest BCUT2D eigenvalue weighted by Gasteiger charge is -2.26. The molecule has 2 aromatic rings. The van der Waals surface area contributed by atoms with Crippen LogP contribution >= 0.6 is 0 Å². The van der Waals surface area contributed by atoms with E-state index >= 15 is 0 Å². The van der Waals surface area contributed by atoms with E-state index < -0.39 is 5.60 Å². The molecule has 32 heavy (non-hydrogen) atoms. The molecule has 1 saturated heterocycles. The van der Waals surface area contributed by atoms with Crippen LogP contribution in [0, 0.1) is 0 Å². The maximum Gasteiger partial charge on any atom is 0.410 e. The SMILES string of the molecule is C=CCc1ccccc1OCc1ccc(C(=O)N2CCCN(C(=O)OC(C)(C)C)CC2)o1. The van der Waals surface area contributed by atoms with Gasteiger partial charge in [0, 0.05) is 26.2 Å². The first-order valence-electron chi connectivity index (χ1n) is 10.9.